The molecule has 0 bridgehead atoms. The van der Waals surface area contributed by atoms with Crippen LogP contribution < -0.4 is 10.6 Å². The van der Waals surface area contributed by atoms with Gasteiger partial charge in [-0.1, -0.05) is 24.3 Å². The van der Waals surface area contributed by atoms with Gasteiger partial charge in [0.25, 0.3) is 0 Å². The lowest BCUT2D eigenvalue weighted by molar-refractivity contribution is 0.885. The van der Waals surface area contributed by atoms with Crippen LogP contribution in [0.2, 0.25) is 0 Å². The van der Waals surface area contributed by atoms with E-state index in [4.69, 9.17) is 5.73 Å². The summed E-state index contributed by atoms with van der Waals surface area (Å²) in [5.74, 6) is 0.203. The largest absolute Gasteiger partial charge is 0.382 e. The molecule has 7 heteroatoms. The first-order chi connectivity index (χ1) is 13.5. The van der Waals surface area contributed by atoms with E-state index >= 15 is 0 Å². The van der Waals surface area contributed by atoms with Crippen molar-refractivity contribution < 1.29 is 0 Å². The molecule has 0 unspecified atom stereocenters. The van der Waals surface area contributed by atoms with Crippen molar-refractivity contribution in [3.05, 3.63) is 69.8 Å². The van der Waals surface area contributed by atoms with Gasteiger partial charge in [0.2, 0.25) is 0 Å². The Morgan fingerprint density at radius 3 is 2.46 bits per heavy atom. The molecular weight excluding hydrogens is 416 g/mol. The molecule has 0 amide bonds. The predicted molar refractivity (Wildman–Crippen MR) is 115 cm³/mol. The molecule has 0 spiro atoms. The molecule has 0 radical (unpaired) electrons. The maximum atomic E-state index is 9.71. The molecule has 0 fully saturated rings. The van der Waals surface area contributed by atoms with E-state index in [2.05, 4.69) is 33.2 Å². The molecule has 1 aromatic heterocycles. The lowest BCUT2D eigenvalue weighted by atomic mass is 10.1. The zero-order valence-electron chi connectivity index (χ0n) is 15.4. The second-order valence-electron chi connectivity index (χ2n) is 6.24. The number of nitrogen functional groups attached to an aromatic ring is 1. The molecular formula is C21H17BrN6. The van der Waals surface area contributed by atoms with Crippen LogP contribution in [0.25, 0.3) is 17.3 Å². The summed E-state index contributed by atoms with van der Waals surface area (Å²) in [5, 5.41) is 23.7. The topological polar surface area (TPSA) is 94.7 Å². The first-order valence-corrected chi connectivity index (χ1v) is 9.18. The SMILES string of the molecule is CN(C)c1ccc(/C=C(\C#N)c2nn(-c3ccccc3)c(N)c2C#N)cc1Br. The van der Waals surface area contributed by atoms with E-state index in [1.807, 2.05) is 67.5 Å². The third kappa shape index (κ3) is 3.62. The number of benzene rings is 2. The Labute approximate surface area is 171 Å². The highest BCUT2D eigenvalue weighted by Crippen LogP contribution is 2.30. The Morgan fingerprint density at radius 2 is 1.89 bits per heavy atom. The van der Waals surface area contributed by atoms with E-state index in [1.165, 1.54) is 4.68 Å². The molecule has 0 saturated heterocycles. The Hall–Kier alpha value is -3.55. The fourth-order valence-corrected chi connectivity index (χ4v) is 3.54. The highest BCUT2D eigenvalue weighted by Gasteiger charge is 2.20. The number of nitriles is 2. The summed E-state index contributed by atoms with van der Waals surface area (Å²) < 4.78 is 2.38. The van der Waals surface area contributed by atoms with Crippen LogP contribution in [0.3, 0.4) is 0 Å². The van der Waals surface area contributed by atoms with Gasteiger partial charge in [-0.2, -0.15) is 15.6 Å². The van der Waals surface area contributed by atoms with Crippen molar-refractivity contribution in [3.63, 3.8) is 0 Å². The van der Waals surface area contributed by atoms with Gasteiger partial charge in [0.1, 0.15) is 29.2 Å². The first-order valence-electron chi connectivity index (χ1n) is 8.39. The van der Waals surface area contributed by atoms with E-state index in [0.29, 0.717) is 0 Å². The van der Waals surface area contributed by atoms with Crippen LogP contribution in [0.4, 0.5) is 11.5 Å². The van der Waals surface area contributed by atoms with Gasteiger partial charge >= 0.3 is 0 Å². The quantitative estimate of drug-likeness (QED) is 0.622. The number of para-hydroxylation sites is 1. The lowest BCUT2D eigenvalue weighted by Crippen LogP contribution is -2.09. The minimum atomic E-state index is 0.181. The second-order valence-corrected chi connectivity index (χ2v) is 7.10. The van der Waals surface area contributed by atoms with Crippen LogP contribution >= 0.6 is 15.9 Å². The van der Waals surface area contributed by atoms with Gasteiger partial charge in [-0.15, -0.1) is 0 Å². The second kappa shape index (κ2) is 7.99. The number of allylic oxidation sites excluding steroid dienone is 1. The van der Waals surface area contributed by atoms with Gasteiger partial charge < -0.3 is 10.6 Å². The monoisotopic (exact) mass is 432 g/mol. The summed E-state index contributed by atoms with van der Waals surface area (Å²) in [7, 11) is 3.91. The standard InChI is InChI=1S/C21H17BrN6/c1-27(2)19-9-8-14(11-18(19)22)10-15(12-23)20-17(13-24)21(25)28(26-20)16-6-4-3-5-7-16/h3-11H,25H2,1-2H3/b15-10+. The van der Waals surface area contributed by atoms with Gasteiger partial charge in [-0.3, -0.25) is 0 Å². The van der Waals surface area contributed by atoms with E-state index in [0.717, 1.165) is 21.4 Å². The fourth-order valence-electron chi connectivity index (χ4n) is 2.79. The van der Waals surface area contributed by atoms with E-state index in [9.17, 15) is 10.5 Å². The average Bonchev–Trinajstić information content (AvgIpc) is 3.02. The van der Waals surface area contributed by atoms with Gasteiger partial charge in [0.05, 0.1) is 16.9 Å². The molecule has 0 saturated carbocycles. The number of rotatable bonds is 4. The van der Waals surface area contributed by atoms with Gasteiger partial charge in [0, 0.05) is 18.6 Å². The molecule has 1 heterocycles. The zero-order valence-corrected chi connectivity index (χ0v) is 17.0. The van der Waals surface area contributed by atoms with Crippen LogP contribution in [-0.4, -0.2) is 23.9 Å². The third-order valence-corrected chi connectivity index (χ3v) is 4.81. The van der Waals surface area contributed by atoms with Crippen molar-refractivity contribution in [2.45, 2.75) is 0 Å². The van der Waals surface area contributed by atoms with Crippen LogP contribution in [0.5, 0.6) is 0 Å². The van der Waals surface area contributed by atoms with Crippen LogP contribution in [0.15, 0.2) is 53.0 Å². The molecule has 0 aliphatic heterocycles. The normalized spacial score (nSPS) is 11.0. The summed E-state index contributed by atoms with van der Waals surface area (Å²) in [6.45, 7) is 0. The molecule has 2 aromatic carbocycles. The van der Waals surface area contributed by atoms with Gasteiger partial charge in [-0.05, 0) is 51.8 Å². The number of hydrogen-bond acceptors (Lipinski definition) is 5. The Bertz CT molecular complexity index is 1130. The fraction of sp³-hybridized carbons (Fsp3) is 0.0952. The lowest BCUT2D eigenvalue weighted by Gasteiger charge is -2.14. The predicted octanol–water partition coefficient (Wildman–Crippen LogP) is 4.22. The number of aromatic nitrogens is 2. The molecule has 0 atom stereocenters. The van der Waals surface area contributed by atoms with Crippen LogP contribution in [0, 0.1) is 22.7 Å². The average molecular weight is 433 g/mol. The molecule has 28 heavy (non-hydrogen) atoms. The highest BCUT2D eigenvalue weighted by atomic mass is 79.9. The molecule has 0 aliphatic carbocycles. The maximum absolute atomic E-state index is 9.71. The van der Waals surface area contributed by atoms with E-state index in [-0.39, 0.29) is 22.6 Å². The van der Waals surface area contributed by atoms with Crippen molar-refractivity contribution in [2.24, 2.45) is 0 Å². The summed E-state index contributed by atoms with van der Waals surface area (Å²) in [4.78, 5) is 1.98. The van der Waals surface area contributed by atoms with Crippen molar-refractivity contribution >= 4 is 39.1 Å². The third-order valence-electron chi connectivity index (χ3n) is 4.17. The minimum absolute atomic E-state index is 0.181. The van der Waals surface area contributed by atoms with E-state index in [1.54, 1.807) is 6.08 Å². The Balaban J connectivity index is 2.11. The number of hydrogen-bond donors (Lipinski definition) is 1. The molecule has 138 valence electrons. The molecule has 0 aliphatic rings. The number of nitrogens with two attached hydrogens (primary N) is 1. The smallest absolute Gasteiger partial charge is 0.145 e. The van der Waals surface area contributed by atoms with Crippen molar-refractivity contribution in [1.29, 1.82) is 10.5 Å². The summed E-state index contributed by atoms with van der Waals surface area (Å²) in [5.41, 5.74) is 9.40. The van der Waals surface area contributed by atoms with Crippen molar-refractivity contribution in [3.8, 4) is 17.8 Å². The Kier molecular flexibility index (Phi) is 5.49. The number of anilines is 2. The summed E-state index contributed by atoms with van der Waals surface area (Å²) >= 11 is 3.54. The summed E-state index contributed by atoms with van der Waals surface area (Å²) in [6.07, 6.45) is 1.70. The first kappa shape index (κ1) is 19.2. The van der Waals surface area contributed by atoms with Crippen LogP contribution in [0.1, 0.15) is 16.8 Å². The van der Waals surface area contributed by atoms with Gasteiger partial charge in [0.15, 0.2) is 0 Å². The Morgan fingerprint density at radius 1 is 1.18 bits per heavy atom. The van der Waals surface area contributed by atoms with E-state index < -0.39 is 0 Å². The van der Waals surface area contributed by atoms with Crippen molar-refractivity contribution in [2.75, 3.05) is 24.7 Å². The van der Waals surface area contributed by atoms with Gasteiger partial charge in [-0.25, -0.2) is 4.68 Å². The molecule has 3 rings (SSSR count). The number of halogens is 1. The minimum Gasteiger partial charge on any atom is -0.382 e. The summed E-state index contributed by atoms with van der Waals surface area (Å²) in [6, 6.07) is 19.2. The number of nitrogens with zero attached hydrogens (tertiary/aromatic N) is 5. The highest BCUT2D eigenvalue weighted by molar-refractivity contribution is 9.10. The van der Waals surface area contributed by atoms with Crippen molar-refractivity contribution in [1.82, 2.24) is 9.78 Å². The molecule has 3 aromatic rings. The molecule has 2 N–H and O–H groups in total. The molecule has 6 nitrogen and oxygen atoms in total. The maximum Gasteiger partial charge on any atom is 0.145 e. The zero-order chi connectivity index (χ0) is 20.3. The van der Waals surface area contributed by atoms with Crippen LogP contribution in [-0.2, 0) is 0 Å².